The molecule has 2 atom stereocenters. The number of piperidine rings is 1. The molecule has 0 radical (unpaired) electrons. The first-order chi connectivity index (χ1) is 18.6. The lowest BCUT2D eigenvalue weighted by Gasteiger charge is -2.44. The Labute approximate surface area is 227 Å². The number of hydrogen-bond donors (Lipinski definition) is 1. The molecular weight excluding hydrogens is 502 g/mol. The minimum absolute atomic E-state index is 0.0653. The number of carbonyl (C=O) groups is 2. The second-order valence-electron chi connectivity index (χ2n) is 10.7. The maximum Gasteiger partial charge on any atom is 0.411 e. The zero-order valence-electron chi connectivity index (χ0n) is 22.4. The molecule has 0 spiro atoms. The van der Waals surface area contributed by atoms with Crippen LogP contribution in [-0.2, 0) is 16.1 Å². The maximum atomic E-state index is 13.9. The van der Waals surface area contributed by atoms with Crippen molar-refractivity contribution in [2.75, 3.05) is 6.54 Å². The van der Waals surface area contributed by atoms with E-state index < -0.39 is 24.0 Å². The normalized spacial score (nSPS) is 17.5. The quantitative estimate of drug-likeness (QED) is 0.369. The molecular formula is C31H34F2N2O4. The number of rotatable bonds is 6. The average Bonchev–Trinajstić information content (AvgIpc) is 2.90. The Morgan fingerprint density at radius 2 is 1.49 bits per heavy atom. The molecule has 1 aliphatic rings. The van der Waals surface area contributed by atoms with Gasteiger partial charge in [-0.05, 0) is 74.6 Å². The molecule has 39 heavy (non-hydrogen) atoms. The van der Waals surface area contributed by atoms with Gasteiger partial charge in [-0.3, -0.25) is 4.90 Å². The summed E-state index contributed by atoms with van der Waals surface area (Å²) in [5.41, 5.74) is 1.65. The molecule has 0 saturated carbocycles. The van der Waals surface area contributed by atoms with Gasteiger partial charge in [0.1, 0.15) is 30.0 Å². The van der Waals surface area contributed by atoms with Crippen molar-refractivity contribution in [2.45, 2.75) is 57.9 Å². The van der Waals surface area contributed by atoms with Crippen LogP contribution in [-0.4, -0.2) is 35.4 Å². The van der Waals surface area contributed by atoms with Crippen LogP contribution < -0.4 is 5.32 Å². The first-order valence-electron chi connectivity index (χ1n) is 13.1. The molecule has 0 aromatic heterocycles. The first-order valence-corrected chi connectivity index (χ1v) is 13.1. The highest BCUT2D eigenvalue weighted by Gasteiger charge is 2.42. The van der Waals surface area contributed by atoms with Gasteiger partial charge in [0.25, 0.3) is 0 Å². The van der Waals surface area contributed by atoms with Crippen LogP contribution in [0.15, 0.2) is 78.9 Å². The molecule has 206 valence electrons. The molecule has 1 fully saturated rings. The summed E-state index contributed by atoms with van der Waals surface area (Å²) in [7, 11) is 0. The van der Waals surface area contributed by atoms with Crippen molar-refractivity contribution in [1.82, 2.24) is 10.2 Å². The number of benzene rings is 3. The van der Waals surface area contributed by atoms with E-state index in [1.54, 1.807) is 45.0 Å². The highest BCUT2D eigenvalue weighted by atomic mass is 19.1. The summed E-state index contributed by atoms with van der Waals surface area (Å²) in [5, 5.41) is 2.91. The minimum Gasteiger partial charge on any atom is -0.445 e. The van der Waals surface area contributed by atoms with Crippen LogP contribution in [0.4, 0.5) is 18.4 Å². The Morgan fingerprint density at radius 1 is 0.923 bits per heavy atom. The van der Waals surface area contributed by atoms with Gasteiger partial charge in [0.2, 0.25) is 0 Å². The van der Waals surface area contributed by atoms with Gasteiger partial charge in [-0.15, -0.1) is 0 Å². The molecule has 1 N–H and O–H groups in total. The second-order valence-corrected chi connectivity index (χ2v) is 10.7. The summed E-state index contributed by atoms with van der Waals surface area (Å²) in [4.78, 5) is 27.9. The van der Waals surface area contributed by atoms with Gasteiger partial charge in [-0.1, -0.05) is 54.6 Å². The summed E-state index contributed by atoms with van der Waals surface area (Å²) < 4.78 is 38.9. The topological polar surface area (TPSA) is 67.9 Å². The fourth-order valence-electron chi connectivity index (χ4n) is 5.00. The summed E-state index contributed by atoms with van der Waals surface area (Å²) >= 11 is 0. The number of carbonyl (C=O) groups excluding carboxylic acids is 2. The van der Waals surface area contributed by atoms with Crippen LogP contribution >= 0.6 is 0 Å². The number of likely N-dealkylation sites (tertiary alicyclic amines) is 1. The molecule has 2 amide bonds. The molecule has 1 heterocycles. The lowest BCUT2D eigenvalue weighted by atomic mass is 9.75. The van der Waals surface area contributed by atoms with Crippen molar-refractivity contribution < 1.29 is 27.8 Å². The molecule has 6 nitrogen and oxygen atoms in total. The number of hydrogen-bond acceptors (Lipinski definition) is 4. The van der Waals surface area contributed by atoms with Gasteiger partial charge in [0.05, 0.1) is 0 Å². The molecule has 3 aromatic carbocycles. The van der Waals surface area contributed by atoms with Crippen molar-refractivity contribution in [1.29, 1.82) is 0 Å². The molecule has 1 saturated heterocycles. The number of alkyl carbamates (subject to hydrolysis) is 1. The van der Waals surface area contributed by atoms with Gasteiger partial charge in [-0.25, -0.2) is 18.4 Å². The van der Waals surface area contributed by atoms with Gasteiger partial charge >= 0.3 is 12.2 Å². The average molecular weight is 537 g/mol. The molecule has 4 rings (SSSR count). The van der Waals surface area contributed by atoms with Crippen LogP contribution in [0.25, 0.3) is 0 Å². The van der Waals surface area contributed by atoms with Gasteiger partial charge in [-0.2, -0.15) is 0 Å². The Hall–Kier alpha value is -3.94. The molecule has 0 aliphatic carbocycles. The standard InChI is InChI=1S/C31H34F2N2O4/c1-31(2,3)39-30(37)35-19-7-10-26(28(35)34-29(36)38-20-21-8-5-4-6-9-21)27(22-11-15-24(32)16-12-22)23-13-17-25(33)18-14-23/h4-6,8-9,11-18,26-28H,7,10,19-20H2,1-3H3,(H,34,36)/t26-,28-/m0/s1. The summed E-state index contributed by atoms with van der Waals surface area (Å²) in [6.45, 7) is 5.78. The van der Waals surface area contributed by atoms with E-state index in [1.165, 1.54) is 29.2 Å². The van der Waals surface area contributed by atoms with Crippen LogP contribution in [0.5, 0.6) is 0 Å². The van der Waals surface area contributed by atoms with Crippen LogP contribution in [0.2, 0.25) is 0 Å². The van der Waals surface area contributed by atoms with Crippen LogP contribution in [0, 0.1) is 17.6 Å². The van der Waals surface area contributed by atoms with E-state index in [0.717, 1.165) is 16.7 Å². The maximum absolute atomic E-state index is 13.9. The predicted octanol–water partition coefficient (Wildman–Crippen LogP) is 7.00. The van der Waals surface area contributed by atoms with Crippen molar-refractivity contribution >= 4 is 12.2 Å². The van der Waals surface area contributed by atoms with E-state index >= 15 is 0 Å². The zero-order chi connectivity index (χ0) is 28.0. The highest BCUT2D eigenvalue weighted by Crippen LogP contribution is 2.40. The predicted molar refractivity (Wildman–Crippen MR) is 144 cm³/mol. The highest BCUT2D eigenvalue weighted by molar-refractivity contribution is 5.72. The van der Waals surface area contributed by atoms with Crippen molar-refractivity contribution in [2.24, 2.45) is 5.92 Å². The fraction of sp³-hybridized carbons (Fsp3) is 0.355. The third-order valence-corrected chi connectivity index (χ3v) is 6.67. The fourth-order valence-corrected chi connectivity index (χ4v) is 5.00. The Morgan fingerprint density at radius 3 is 2.03 bits per heavy atom. The van der Waals surface area contributed by atoms with Crippen molar-refractivity contribution in [3.05, 3.63) is 107 Å². The summed E-state index contributed by atoms with van der Waals surface area (Å²) in [5.74, 6) is -1.48. The Balaban J connectivity index is 1.69. The van der Waals surface area contributed by atoms with Crippen LogP contribution in [0.3, 0.4) is 0 Å². The number of amides is 2. The van der Waals surface area contributed by atoms with Crippen LogP contribution in [0.1, 0.15) is 56.2 Å². The summed E-state index contributed by atoms with van der Waals surface area (Å²) in [6, 6.07) is 21.5. The van der Waals surface area contributed by atoms with Gasteiger partial charge < -0.3 is 14.8 Å². The molecule has 0 unspecified atom stereocenters. The van der Waals surface area contributed by atoms with E-state index in [2.05, 4.69) is 5.32 Å². The Bertz CT molecular complexity index is 1200. The molecule has 3 aromatic rings. The zero-order valence-corrected chi connectivity index (χ0v) is 22.4. The number of halogens is 2. The third kappa shape index (κ3) is 7.56. The van der Waals surface area contributed by atoms with Crippen molar-refractivity contribution in [3.8, 4) is 0 Å². The smallest absolute Gasteiger partial charge is 0.411 e. The van der Waals surface area contributed by atoms with E-state index in [4.69, 9.17) is 9.47 Å². The lowest BCUT2D eigenvalue weighted by molar-refractivity contribution is -0.00858. The largest absolute Gasteiger partial charge is 0.445 e. The monoisotopic (exact) mass is 536 g/mol. The first kappa shape index (κ1) is 28.1. The van der Waals surface area contributed by atoms with E-state index in [0.29, 0.717) is 19.4 Å². The van der Waals surface area contributed by atoms with Gasteiger partial charge in [0, 0.05) is 18.4 Å². The summed E-state index contributed by atoms with van der Waals surface area (Å²) in [6.07, 6.45) is -0.738. The van der Waals surface area contributed by atoms with E-state index in [9.17, 15) is 18.4 Å². The SMILES string of the molecule is CC(C)(C)OC(=O)N1CCC[C@@H](C(c2ccc(F)cc2)c2ccc(F)cc2)[C@H]1NC(=O)OCc1ccccc1. The third-order valence-electron chi connectivity index (χ3n) is 6.67. The van der Waals surface area contributed by atoms with E-state index in [1.807, 2.05) is 30.3 Å². The number of nitrogens with one attached hydrogen (secondary N) is 1. The van der Waals surface area contributed by atoms with Gasteiger partial charge in [0.15, 0.2) is 0 Å². The molecule has 8 heteroatoms. The number of nitrogens with zero attached hydrogens (tertiary/aromatic N) is 1. The number of ether oxygens (including phenoxy) is 2. The minimum atomic E-state index is -0.794. The Kier molecular flexibility index (Phi) is 8.84. The molecule has 0 bridgehead atoms. The lowest BCUT2D eigenvalue weighted by Crippen LogP contribution is -2.59. The van der Waals surface area contributed by atoms with E-state index in [-0.39, 0.29) is 30.1 Å². The van der Waals surface area contributed by atoms with Crippen molar-refractivity contribution in [3.63, 3.8) is 0 Å². The molecule has 1 aliphatic heterocycles. The second kappa shape index (κ2) is 12.3.